The molecule has 0 unspecified atom stereocenters. The van der Waals surface area contributed by atoms with Gasteiger partial charge >= 0.3 is 6.18 Å². The minimum atomic E-state index is -4.68. The maximum Gasteiger partial charge on any atom is 0.420 e. The number of amides is 1. The van der Waals surface area contributed by atoms with E-state index < -0.39 is 23.3 Å². The van der Waals surface area contributed by atoms with Crippen LogP contribution in [0.25, 0.3) is 16.8 Å². The summed E-state index contributed by atoms with van der Waals surface area (Å²) in [4.78, 5) is 23.1. The number of halogens is 4. The monoisotopic (exact) mass is 480 g/mol. The highest BCUT2D eigenvalue weighted by Gasteiger charge is 2.37. The minimum absolute atomic E-state index is 0.150. The number of carbonyl (C=O) groups is 1. The van der Waals surface area contributed by atoms with E-state index in [0.717, 1.165) is 28.3 Å². The lowest BCUT2D eigenvalue weighted by Gasteiger charge is -2.30. The number of furan rings is 1. The zero-order valence-electron chi connectivity index (χ0n) is 16.5. The highest BCUT2D eigenvalue weighted by atomic mass is 35.5. The van der Waals surface area contributed by atoms with Crippen molar-refractivity contribution in [3.63, 3.8) is 0 Å². The van der Waals surface area contributed by atoms with Crippen LogP contribution in [0.2, 0.25) is 5.15 Å². The number of rotatable bonds is 3. The molecule has 5 heterocycles. The lowest BCUT2D eigenvalue weighted by atomic mass is 9.97. The van der Waals surface area contributed by atoms with Crippen LogP contribution in [-0.4, -0.2) is 38.3 Å². The van der Waals surface area contributed by atoms with Gasteiger partial charge in [0.05, 0.1) is 23.1 Å². The van der Waals surface area contributed by atoms with E-state index in [1.165, 1.54) is 18.7 Å². The average Bonchev–Trinajstić information content (AvgIpc) is 3.54. The fraction of sp³-hybridized carbons (Fsp3) is 0.286. The van der Waals surface area contributed by atoms with E-state index in [2.05, 4.69) is 9.97 Å². The average molecular weight is 481 g/mol. The summed E-state index contributed by atoms with van der Waals surface area (Å²) < 4.78 is 47.5. The normalized spacial score (nSPS) is 15.6. The lowest BCUT2D eigenvalue weighted by molar-refractivity contribution is -0.136. The molecule has 32 heavy (non-hydrogen) atoms. The molecule has 11 heteroatoms. The number of piperidine rings is 1. The van der Waals surface area contributed by atoms with Crippen molar-refractivity contribution < 1.29 is 22.4 Å². The first-order chi connectivity index (χ1) is 15.3. The summed E-state index contributed by atoms with van der Waals surface area (Å²) in [7, 11) is 0. The van der Waals surface area contributed by atoms with Gasteiger partial charge in [-0.05, 0) is 25.0 Å². The Bertz CT molecular complexity index is 1260. The standard InChI is InChI=1S/C21H16ClF3N4O2S/c22-17-16(20(30)28-5-1-12(2-6-28)19-26-4-8-32-19)27-18-15(21(23,24)25)9-14(10-29(17)18)13-3-7-31-11-13/h3-4,7-12H,1-2,5-6H2. The van der Waals surface area contributed by atoms with E-state index in [4.69, 9.17) is 16.0 Å². The minimum Gasteiger partial charge on any atom is -0.472 e. The van der Waals surface area contributed by atoms with Gasteiger partial charge in [-0.2, -0.15) is 13.2 Å². The van der Waals surface area contributed by atoms with Gasteiger partial charge in [-0.1, -0.05) is 11.6 Å². The van der Waals surface area contributed by atoms with Crippen molar-refractivity contribution in [1.82, 2.24) is 19.3 Å². The second-order valence-electron chi connectivity index (χ2n) is 7.53. The van der Waals surface area contributed by atoms with E-state index in [-0.39, 0.29) is 22.3 Å². The first kappa shape index (κ1) is 21.0. The number of aromatic nitrogens is 3. The molecule has 4 aromatic rings. The van der Waals surface area contributed by atoms with Crippen LogP contribution in [0.3, 0.4) is 0 Å². The molecule has 1 amide bonds. The number of hydrogen-bond acceptors (Lipinski definition) is 5. The second kappa shape index (κ2) is 7.93. The Morgan fingerprint density at radius 2 is 2.03 bits per heavy atom. The molecule has 1 saturated heterocycles. The van der Waals surface area contributed by atoms with Crippen LogP contribution in [0.15, 0.2) is 46.8 Å². The largest absolute Gasteiger partial charge is 0.472 e. The molecule has 4 aromatic heterocycles. The van der Waals surface area contributed by atoms with Crippen molar-refractivity contribution in [3.05, 3.63) is 63.9 Å². The molecule has 0 N–H and O–H groups in total. The third-order valence-electron chi connectivity index (χ3n) is 5.61. The zero-order chi connectivity index (χ0) is 22.5. The number of carbonyl (C=O) groups excluding carboxylic acids is 1. The number of likely N-dealkylation sites (tertiary alicyclic amines) is 1. The third kappa shape index (κ3) is 3.67. The highest BCUT2D eigenvalue weighted by Crippen LogP contribution is 2.37. The van der Waals surface area contributed by atoms with Gasteiger partial charge in [-0.25, -0.2) is 9.97 Å². The van der Waals surface area contributed by atoms with Crippen LogP contribution in [0, 0.1) is 0 Å². The maximum atomic E-state index is 13.8. The molecule has 0 saturated carbocycles. The molecule has 6 nitrogen and oxygen atoms in total. The Kier molecular flexibility index (Phi) is 5.21. The summed E-state index contributed by atoms with van der Waals surface area (Å²) in [5.41, 5.74) is -0.856. The first-order valence-electron chi connectivity index (χ1n) is 9.83. The molecule has 0 atom stereocenters. The number of thiazole rings is 1. The molecular formula is C21H16ClF3N4O2S. The van der Waals surface area contributed by atoms with E-state index >= 15 is 0 Å². The molecule has 1 fully saturated rings. The van der Waals surface area contributed by atoms with E-state index in [9.17, 15) is 18.0 Å². The Labute approximate surface area is 189 Å². The van der Waals surface area contributed by atoms with Crippen LogP contribution in [0.1, 0.15) is 39.8 Å². The molecule has 166 valence electrons. The predicted molar refractivity (Wildman–Crippen MR) is 113 cm³/mol. The fourth-order valence-electron chi connectivity index (χ4n) is 3.96. The molecular weight excluding hydrogens is 465 g/mol. The van der Waals surface area contributed by atoms with E-state index in [1.54, 1.807) is 28.5 Å². The smallest absolute Gasteiger partial charge is 0.420 e. The second-order valence-corrected chi connectivity index (χ2v) is 8.82. The third-order valence-corrected chi connectivity index (χ3v) is 6.91. The lowest BCUT2D eigenvalue weighted by Crippen LogP contribution is -2.38. The summed E-state index contributed by atoms with van der Waals surface area (Å²) in [6, 6.07) is 2.53. The number of imidazole rings is 1. The van der Waals surface area contributed by atoms with Crippen molar-refractivity contribution >= 4 is 34.5 Å². The number of pyridine rings is 1. The fourth-order valence-corrected chi connectivity index (χ4v) is 5.03. The van der Waals surface area contributed by atoms with Crippen LogP contribution < -0.4 is 0 Å². The van der Waals surface area contributed by atoms with Crippen LogP contribution >= 0.6 is 22.9 Å². The molecule has 0 aliphatic carbocycles. The first-order valence-corrected chi connectivity index (χ1v) is 11.1. The zero-order valence-corrected chi connectivity index (χ0v) is 18.0. The number of fused-ring (bicyclic) bond motifs is 1. The van der Waals surface area contributed by atoms with Gasteiger partial charge in [0.2, 0.25) is 0 Å². The number of nitrogens with zero attached hydrogens (tertiary/aromatic N) is 4. The molecule has 5 rings (SSSR count). The van der Waals surface area contributed by atoms with Gasteiger partial charge in [0.15, 0.2) is 11.3 Å². The summed E-state index contributed by atoms with van der Waals surface area (Å²) in [5.74, 6) is -0.209. The molecule has 0 radical (unpaired) electrons. The molecule has 1 aliphatic rings. The molecule has 0 spiro atoms. The summed E-state index contributed by atoms with van der Waals surface area (Å²) in [6.07, 6.45) is 2.66. The van der Waals surface area contributed by atoms with Gasteiger partial charge in [0, 0.05) is 47.9 Å². The summed E-state index contributed by atoms with van der Waals surface area (Å²) in [6.45, 7) is 0.916. The Balaban J connectivity index is 1.49. The van der Waals surface area contributed by atoms with E-state index in [0.29, 0.717) is 18.7 Å². The van der Waals surface area contributed by atoms with Gasteiger partial charge in [-0.3, -0.25) is 9.20 Å². The van der Waals surface area contributed by atoms with E-state index in [1.807, 2.05) is 5.38 Å². The maximum absolute atomic E-state index is 13.8. The summed E-state index contributed by atoms with van der Waals surface area (Å²) in [5, 5.41) is 2.80. The van der Waals surface area contributed by atoms with Crippen LogP contribution in [-0.2, 0) is 6.18 Å². The number of alkyl halides is 3. The van der Waals surface area contributed by atoms with Crippen LogP contribution in [0.4, 0.5) is 13.2 Å². The van der Waals surface area contributed by atoms with Gasteiger partial charge in [-0.15, -0.1) is 11.3 Å². The van der Waals surface area contributed by atoms with Gasteiger partial charge in [0.1, 0.15) is 5.15 Å². The van der Waals surface area contributed by atoms with Crippen molar-refractivity contribution in [2.45, 2.75) is 24.9 Å². The van der Waals surface area contributed by atoms with Gasteiger partial charge in [0.25, 0.3) is 5.91 Å². The molecule has 0 aromatic carbocycles. The molecule has 1 aliphatic heterocycles. The molecule has 0 bridgehead atoms. The predicted octanol–water partition coefficient (Wildman–Crippen LogP) is 5.74. The Morgan fingerprint density at radius 1 is 1.25 bits per heavy atom. The van der Waals surface area contributed by atoms with Crippen molar-refractivity contribution in [2.75, 3.05) is 13.1 Å². The quantitative estimate of drug-likeness (QED) is 0.375. The SMILES string of the molecule is O=C(c1nc2c(C(F)(F)F)cc(-c3ccoc3)cn2c1Cl)N1CCC(c2nccs2)CC1. The van der Waals surface area contributed by atoms with Crippen molar-refractivity contribution in [1.29, 1.82) is 0 Å². The van der Waals surface area contributed by atoms with Crippen LogP contribution in [0.5, 0.6) is 0 Å². The topological polar surface area (TPSA) is 63.6 Å². The van der Waals surface area contributed by atoms with Crippen molar-refractivity contribution in [2.24, 2.45) is 0 Å². The highest BCUT2D eigenvalue weighted by molar-refractivity contribution is 7.09. The summed E-state index contributed by atoms with van der Waals surface area (Å²) >= 11 is 7.97. The Morgan fingerprint density at radius 3 is 2.66 bits per heavy atom. The van der Waals surface area contributed by atoms with Gasteiger partial charge < -0.3 is 9.32 Å². The Hall–Kier alpha value is -2.85. The number of hydrogen-bond donors (Lipinski definition) is 0. The van der Waals surface area contributed by atoms with Crippen molar-refractivity contribution in [3.8, 4) is 11.1 Å².